The maximum absolute atomic E-state index is 12.7. The Morgan fingerprint density at radius 2 is 1.91 bits per heavy atom. The molecule has 22 heavy (non-hydrogen) atoms. The molecule has 5 nitrogen and oxygen atoms in total. The first-order valence-electron chi connectivity index (χ1n) is 7.63. The van der Waals surface area contributed by atoms with Crippen molar-refractivity contribution in [2.75, 3.05) is 6.54 Å². The number of Topliss-reactive ketones (excluding diaryl/α,β-unsaturated/α-hetero) is 1. The molecule has 0 aromatic heterocycles. The van der Waals surface area contributed by atoms with E-state index in [1.165, 1.54) is 0 Å². The summed E-state index contributed by atoms with van der Waals surface area (Å²) in [6.07, 6.45) is 0.382. The summed E-state index contributed by atoms with van der Waals surface area (Å²) < 4.78 is -0.538. The number of carbonyl (C=O) groups is 3. The molecule has 1 aromatic rings. The number of nitrogens with zero attached hydrogens (tertiary/aromatic N) is 1. The molecular weight excluding hydrogens is 282 g/mol. The van der Waals surface area contributed by atoms with Crippen molar-refractivity contribution in [1.29, 1.82) is 0 Å². The zero-order valence-electron chi connectivity index (χ0n) is 13.0. The number of likely N-dealkylation sites (tertiary alicyclic amines) is 1. The highest BCUT2D eigenvalue weighted by molar-refractivity contribution is 5.98. The fourth-order valence-electron chi connectivity index (χ4n) is 3.28. The van der Waals surface area contributed by atoms with Crippen molar-refractivity contribution in [3.05, 3.63) is 35.9 Å². The molecule has 1 fully saturated rings. The van der Waals surface area contributed by atoms with Gasteiger partial charge in [-0.3, -0.25) is 4.79 Å². The van der Waals surface area contributed by atoms with Gasteiger partial charge in [0.1, 0.15) is 6.04 Å². The Kier molecular flexibility index (Phi) is 4.76. The van der Waals surface area contributed by atoms with Crippen molar-refractivity contribution in [3.63, 3.8) is 0 Å². The van der Waals surface area contributed by atoms with E-state index in [1.54, 1.807) is 38.1 Å². The Labute approximate surface area is 130 Å². The number of carboxylic acid groups (broad SMARTS) is 1. The van der Waals surface area contributed by atoms with E-state index in [1.807, 2.05) is 6.07 Å². The first-order chi connectivity index (χ1) is 10.4. The summed E-state index contributed by atoms with van der Waals surface area (Å²) in [5.74, 6) is -1.09. The maximum Gasteiger partial charge on any atom is 0.521 e. The Morgan fingerprint density at radius 3 is 2.41 bits per heavy atom. The molecule has 0 aliphatic carbocycles. The van der Waals surface area contributed by atoms with Gasteiger partial charge in [0.15, 0.2) is 5.78 Å². The van der Waals surface area contributed by atoms with Gasteiger partial charge in [-0.05, 0) is 13.8 Å². The van der Waals surface area contributed by atoms with E-state index in [4.69, 9.17) is 0 Å². The first kappa shape index (κ1) is 16.4. The summed E-state index contributed by atoms with van der Waals surface area (Å²) in [6, 6.07) is 8.54. The molecule has 3 atom stereocenters. The van der Waals surface area contributed by atoms with Gasteiger partial charge in [0, 0.05) is 24.8 Å². The molecular formula is C17H22NO4+. The monoisotopic (exact) mass is 304 g/mol. The first-order valence-corrected chi connectivity index (χ1v) is 7.63. The number of carbonyl (C=O) groups excluding carboxylic acids is 2. The molecule has 1 aliphatic rings. The van der Waals surface area contributed by atoms with Crippen molar-refractivity contribution in [2.45, 2.75) is 39.2 Å². The van der Waals surface area contributed by atoms with Crippen LogP contribution in [0.5, 0.6) is 0 Å². The van der Waals surface area contributed by atoms with Crippen LogP contribution in [0.4, 0.5) is 4.79 Å². The second-order valence-electron chi connectivity index (χ2n) is 6.10. The molecule has 1 heterocycles. The largest absolute Gasteiger partial charge is 0.521 e. The van der Waals surface area contributed by atoms with E-state index >= 15 is 0 Å². The molecule has 0 saturated carbocycles. The highest BCUT2D eigenvalue weighted by Crippen LogP contribution is 2.31. The summed E-state index contributed by atoms with van der Waals surface area (Å²) in [5, 5.41) is 9.57. The fraction of sp³-hybridized carbons (Fsp3) is 0.471. The number of benzene rings is 1. The van der Waals surface area contributed by atoms with Crippen molar-refractivity contribution < 1.29 is 24.0 Å². The van der Waals surface area contributed by atoms with Crippen LogP contribution in [0.3, 0.4) is 0 Å². The van der Waals surface area contributed by atoms with Crippen LogP contribution in [0.25, 0.3) is 0 Å². The van der Waals surface area contributed by atoms with Gasteiger partial charge in [0.25, 0.3) is 0 Å². The summed E-state index contributed by atoms with van der Waals surface area (Å²) in [4.78, 5) is 36.7. The molecule has 5 heteroatoms. The molecule has 2 rings (SSSR count). The molecule has 118 valence electrons. The lowest BCUT2D eigenvalue weighted by atomic mass is 9.97. The zero-order chi connectivity index (χ0) is 16.3. The predicted octanol–water partition coefficient (Wildman–Crippen LogP) is 3.10. The number of amides is 2. The third-order valence-corrected chi connectivity index (χ3v) is 4.63. The predicted molar refractivity (Wildman–Crippen MR) is 81.4 cm³/mol. The summed E-state index contributed by atoms with van der Waals surface area (Å²) >= 11 is 0. The van der Waals surface area contributed by atoms with Crippen LogP contribution in [0.2, 0.25) is 0 Å². The van der Waals surface area contributed by atoms with Crippen LogP contribution < -0.4 is 0 Å². The maximum atomic E-state index is 12.7. The Morgan fingerprint density at radius 1 is 1.27 bits per heavy atom. The number of hydrogen-bond donors (Lipinski definition) is 1. The quantitative estimate of drug-likeness (QED) is 0.685. The number of hydrogen-bond acceptors (Lipinski definition) is 3. The van der Waals surface area contributed by atoms with Crippen LogP contribution in [-0.4, -0.2) is 40.0 Å². The second-order valence-corrected chi connectivity index (χ2v) is 6.10. The smallest absolute Gasteiger partial charge is 0.435 e. The van der Waals surface area contributed by atoms with Crippen LogP contribution in [0, 0.1) is 5.92 Å². The van der Waals surface area contributed by atoms with E-state index < -0.39 is 16.5 Å². The molecule has 1 N–H and O–H groups in total. The van der Waals surface area contributed by atoms with E-state index in [0.29, 0.717) is 12.1 Å². The highest BCUT2D eigenvalue weighted by Gasteiger charge is 2.54. The van der Waals surface area contributed by atoms with Crippen molar-refractivity contribution in [2.24, 2.45) is 5.92 Å². The lowest BCUT2D eigenvalue weighted by Gasteiger charge is -2.31. The molecule has 0 radical (unpaired) electrons. The van der Waals surface area contributed by atoms with Crippen LogP contribution in [0.1, 0.15) is 43.5 Å². The highest BCUT2D eigenvalue weighted by atomic mass is 16.4. The average molecular weight is 304 g/mol. The summed E-state index contributed by atoms with van der Waals surface area (Å²) in [7, 11) is 0. The lowest BCUT2D eigenvalue weighted by molar-refractivity contribution is -0.794. The van der Waals surface area contributed by atoms with Crippen LogP contribution >= 0.6 is 0 Å². The molecule has 2 amide bonds. The molecule has 0 spiro atoms. The van der Waals surface area contributed by atoms with Gasteiger partial charge in [-0.25, -0.2) is 4.79 Å². The van der Waals surface area contributed by atoms with Gasteiger partial charge in [-0.15, -0.1) is 0 Å². The third-order valence-electron chi connectivity index (χ3n) is 4.63. The van der Waals surface area contributed by atoms with Gasteiger partial charge < -0.3 is 5.11 Å². The number of quaternary nitrogens is 1. The summed E-state index contributed by atoms with van der Waals surface area (Å²) in [5.41, 5.74) is 0.554. The number of rotatable bonds is 4. The zero-order valence-corrected chi connectivity index (χ0v) is 13.0. The molecule has 0 bridgehead atoms. The van der Waals surface area contributed by atoms with E-state index in [2.05, 4.69) is 0 Å². The van der Waals surface area contributed by atoms with E-state index in [9.17, 15) is 19.5 Å². The molecule has 1 saturated heterocycles. The van der Waals surface area contributed by atoms with Crippen molar-refractivity contribution >= 4 is 17.8 Å². The molecule has 2 unspecified atom stereocenters. The fourth-order valence-corrected chi connectivity index (χ4v) is 3.28. The van der Waals surface area contributed by atoms with Gasteiger partial charge in [-0.1, -0.05) is 30.3 Å². The SMILES string of the molecule is CC(CC(=O)c1ccccc1)C(=O)[N@+]1(C(=O)O)CCCC1C. The molecule has 1 aliphatic heterocycles. The van der Waals surface area contributed by atoms with Gasteiger partial charge >= 0.3 is 12.0 Å². The van der Waals surface area contributed by atoms with Gasteiger partial charge in [-0.2, -0.15) is 9.28 Å². The van der Waals surface area contributed by atoms with Gasteiger partial charge in [0.05, 0.1) is 12.5 Å². The Hall–Kier alpha value is -2.01. The average Bonchev–Trinajstić information content (AvgIpc) is 2.90. The van der Waals surface area contributed by atoms with E-state index in [0.717, 1.165) is 12.8 Å². The minimum absolute atomic E-state index is 0.0445. The van der Waals surface area contributed by atoms with Crippen LogP contribution in [0.15, 0.2) is 30.3 Å². The van der Waals surface area contributed by atoms with Crippen molar-refractivity contribution in [3.8, 4) is 0 Å². The lowest BCUT2D eigenvalue weighted by Crippen LogP contribution is -2.60. The third kappa shape index (κ3) is 2.81. The number of imide groups is 1. The topological polar surface area (TPSA) is 71.4 Å². The van der Waals surface area contributed by atoms with E-state index in [-0.39, 0.29) is 24.2 Å². The normalized spacial score (nSPS) is 25.6. The summed E-state index contributed by atoms with van der Waals surface area (Å²) in [6.45, 7) is 3.76. The minimum Gasteiger partial charge on any atom is -0.435 e. The molecule has 1 aromatic carbocycles. The Balaban J connectivity index is 2.15. The Bertz CT molecular complexity index is 584. The number of ketones is 1. The van der Waals surface area contributed by atoms with Crippen molar-refractivity contribution in [1.82, 2.24) is 0 Å². The standard InChI is InChI=1S/C17H21NO4/c1-12(11-15(19)14-8-4-3-5-9-14)16(20)18(17(21)22)10-6-7-13(18)2/h3-5,8-9,12-13H,6-7,10-11H2,1-2H3/p+1/t12?,13?,18-/m0/s1. The minimum atomic E-state index is -1.10. The van der Waals surface area contributed by atoms with Crippen LogP contribution in [-0.2, 0) is 4.79 Å². The second kappa shape index (κ2) is 6.40. The van der Waals surface area contributed by atoms with Gasteiger partial charge in [0.2, 0.25) is 0 Å².